The van der Waals surface area contributed by atoms with E-state index in [4.69, 9.17) is 0 Å². The molecule has 1 N–H and O–H groups in total. The summed E-state index contributed by atoms with van der Waals surface area (Å²) in [4.78, 5) is 15.7. The van der Waals surface area contributed by atoms with Gasteiger partial charge in [0, 0.05) is 23.7 Å². The van der Waals surface area contributed by atoms with Crippen molar-refractivity contribution in [3.63, 3.8) is 0 Å². The molecule has 3 nitrogen and oxygen atoms in total. The van der Waals surface area contributed by atoms with Gasteiger partial charge in [-0.1, -0.05) is 19.1 Å². The minimum Gasteiger partial charge on any atom is -0.326 e. The molecule has 0 aliphatic carbocycles. The molecule has 1 aromatic carbocycles. The summed E-state index contributed by atoms with van der Waals surface area (Å²) >= 11 is 0. The van der Waals surface area contributed by atoms with E-state index in [0.29, 0.717) is 6.42 Å². The summed E-state index contributed by atoms with van der Waals surface area (Å²) in [6, 6.07) is 9.65. The summed E-state index contributed by atoms with van der Waals surface area (Å²) in [5.74, 6) is 0.0535. The molecule has 3 heteroatoms. The molecule has 0 bridgehead atoms. The maximum absolute atomic E-state index is 11.4. The van der Waals surface area contributed by atoms with E-state index in [2.05, 4.69) is 10.3 Å². The summed E-state index contributed by atoms with van der Waals surface area (Å²) in [6.45, 7) is 1.99. The lowest BCUT2D eigenvalue weighted by Crippen LogP contribution is -2.10. The molecule has 0 aliphatic heterocycles. The second kappa shape index (κ2) is 4.75. The molecular weight excluding hydrogens is 200 g/mol. The average molecular weight is 214 g/mol. The molecule has 0 fully saturated rings. The van der Waals surface area contributed by atoms with Gasteiger partial charge in [0.2, 0.25) is 5.91 Å². The maximum atomic E-state index is 11.4. The van der Waals surface area contributed by atoms with Gasteiger partial charge in [-0.2, -0.15) is 0 Å². The highest BCUT2D eigenvalue weighted by molar-refractivity contribution is 5.93. The number of nitrogens with zero attached hydrogens (tertiary/aromatic N) is 1. The van der Waals surface area contributed by atoms with Crippen molar-refractivity contribution in [3.8, 4) is 0 Å². The van der Waals surface area contributed by atoms with Crippen LogP contribution < -0.4 is 5.32 Å². The van der Waals surface area contributed by atoms with Crippen molar-refractivity contribution in [2.75, 3.05) is 5.32 Å². The minimum atomic E-state index is 0.0535. The number of carbonyl (C=O) groups excluding carboxylic acids is 1. The first kappa shape index (κ1) is 10.6. The van der Waals surface area contributed by atoms with E-state index in [1.54, 1.807) is 6.20 Å². The lowest BCUT2D eigenvalue weighted by Gasteiger charge is -2.05. The van der Waals surface area contributed by atoms with E-state index in [1.165, 1.54) is 0 Å². The first-order chi connectivity index (χ1) is 7.79. The normalized spacial score (nSPS) is 10.3. The molecule has 0 aliphatic rings. The van der Waals surface area contributed by atoms with Gasteiger partial charge in [0.15, 0.2) is 0 Å². The third-order valence-electron chi connectivity index (χ3n) is 2.37. The van der Waals surface area contributed by atoms with Crippen LogP contribution in [0.15, 0.2) is 36.5 Å². The molecule has 0 spiro atoms. The standard InChI is InChI=1S/C13H14N2O/c1-2-4-13(16)15-11-7-6-10-5-3-8-14-12(10)9-11/h3,5-9H,2,4H2,1H3,(H,15,16). The number of fused-ring (bicyclic) bond motifs is 1. The van der Waals surface area contributed by atoms with Gasteiger partial charge in [-0.15, -0.1) is 0 Å². The van der Waals surface area contributed by atoms with Crippen LogP contribution in [0.25, 0.3) is 10.9 Å². The Bertz CT molecular complexity index is 508. The predicted octanol–water partition coefficient (Wildman–Crippen LogP) is 2.97. The third kappa shape index (κ3) is 2.37. The Morgan fingerprint density at radius 2 is 2.25 bits per heavy atom. The Balaban J connectivity index is 2.22. The number of benzene rings is 1. The van der Waals surface area contributed by atoms with E-state index in [-0.39, 0.29) is 5.91 Å². The van der Waals surface area contributed by atoms with Gasteiger partial charge in [0.05, 0.1) is 5.52 Å². The van der Waals surface area contributed by atoms with Crippen molar-refractivity contribution < 1.29 is 4.79 Å². The number of anilines is 1. The highest BCUT2D eigenvalue weighted by Gasteiger charge is 2.01. The molecule has 1 heterocycles. The predicted molar refractivity (Wildman–Crippen MR) is 65.3 cm³/mol. The number of aromatic nitrogens is 1. The molecule has 1 aromatic heterocycles. The van der Waals surface area contributed by atoms with Gasteiger partial charge < -0.3 is 5.32 Å². The van der Waals surface area contributed by atoms with Crippen LogP contribution >= 0.6 is 0 Å². The second-order valence-electron chi connectivity index (χ2n) is 3.71. The number of hydrogen-bond acceptors (Lipinski definition) is 2. The van der Waals surface area contributed by atoms with Crippen molar-refractivity contribution in [2.45, 2.75) is 19.8 Å². The van der Waals surface area contributed by atoms with Crippen LogP contribution in [0.2, 0.25) is 0 Å². The quantitative estimate of drug-likeness (QED) is 0.853. The van der Waals surface area contributed by atoms with Crippen molar-refractivity contribution in [2.24, 2.45) is 0 Å². The number of pyridine rings is 1. The first-order valence-electron chi connectivity index (χ1n) is 5.44. The monoisotopic (exact) mass is 214 g/mol. The Morgan fingerprint density at radius 3 is 3.06 bits per heavy atom. The first-order valence-corrected chi connectivity index (χ1v) is 5.44. The molecule has 0 saturated carbocycles. The smallest absolute Gasteiger partial charge is 0.224 e. The number of hydrogen-bond donors (Lipinski definition) is 1. The van der Waals surface area contributed by atoms with Crippen molar-refractivity contribution >= 4 is 22.5 Å². The fourth-order valence-electron chi connectivity index (χ4n) is 1.59. The molecule has 2 rings (SSSR count). The Morgan fingerprint density at radius 1 is 1.38 bits per heavy atom. The molecule has 0 saturated heterocycles. The molecular formula is C13H14N2O. The number of nitrogens with one attached hydrogen (secondary N) is 1. The van der Waals surface area contributed by atoms with E-state index in [0.717, 1.165) is 23.0 Å². The van der Waals surface area contributed by atoms with E-state index in [1.807, 2.05) is 37.3 Å². The minimum absolute atomic E-state index is 0.0535. The Hall–Kier alpha value is -1.90. The van der Waals surface area contributed by atoms with Crippen LogP contribution in [0.5, 0.6) is 0 Å². The summed E-state index contributed by atoms with van der Waals surface area (Å²) in [5, 5.41) is 3.94. The van der Waals surface area contributed by atoms with Crippen LogP contribution in [-0.4, -0.2) is 10.9 Å². The second-order valence-corrected chi connectivity index (χ2v) is 3.71. The highest BCUT2D eigenvalue weighted by atomic mass is 16.1. The summed E-state index contributed by atoms with van der Waals surface area (Å²) in [6.07, 6.45) is 3.16. The van der Waals surface area contributed by atoms with Crippen molar-refractivity contribution in [3.05, 3.63) is 36.5 Å². The fraction of sp³-hybridized carbons (Fsp3) is 0.231. The van der Waals surface area contributed by atoms with Crippen LogP contribution in [0.4, 0.5) is 5.69 Å². The lowest BCUT2D eigenvalue weighted by atomic mass is 10.2. The largest absolute Gasteiger partial charge is 0.326 e. The van der Waals surface area contributed by atoms with Gasteiger partial charge in [0.25, 0.3) is 0 Å². The van der Waals surface area contributed by atoms with Gasteiger partial charge in [-0.3, -0.25) is 9.78 Å². The van der Waals surface area contributed by atoms with E-state index in [9.17, 15) is 4.79 Å². The molecule has 82 valence electrons. The summed E-state index contributed by atoms with van der Waals surface area (Å²) < 4.78 is 0. The lowest BCUT2D eigenvalue weighted by molar-refractivity contribution is -0.116. The van der Waals surface area contributed by atoms with Crippen LogP contribution in [0.3, 0.4) is 0 Å². The Labute approximate surface area is 94.5 Å². The van der Waals surface area contributed by atoms with E-state index >= 15 is 0 Å². The molecule has 2 aromatic rings. The number of amides is 1. The fourth-order valence-corrected chi connectivity index (χ4v) is 1.59. The zero-order valence-electron chi connectivity index (χ0n) is 9.23. The van der Waals surface area contributed by atoms with Crippen LogP contribution in [0, 0.1) is 0 Å². The van der Waals surface area contributed by atoms with Crippen LogP contribution in [0.1, 0.15) is 19.8 Å². The zero-order valence-corrected chi connectivity index (χ0v) is 9.23. The summed E-state index contributed by atoms with van der Waals surface area (Å²) in [7, 11) is 0. The van der Waals surface area contributed by atoms with Gasteiger partial charge in [-0.25, -0.2) is 0 Å². The van der Waals surface area contributed by atoms with Crippen LogP contribution in [-0.2, 0) is 4.79 Å². The van der Waals surface area contributed by atoms with E-state index < -0.39 is 0 Å². The summed E-state index contributed by atoms with van der Waals surface area (Å²) in [5.41, 5.74) is 1.71. The topological polar surface area (TPSA) is 42.0 Å². The molecule has 0 unspecified atom stereocenters. The van der Waals surface area contributed by atoms with Crippen molar-refractivity contribution in [1.29, 1.82) is 0 Å². The molecule has 16 heavy (non-hydrogen) atoms. The molecule has 0 radical (unpaired) electrons. The Kier molecular flexibility index (Phi) is 3.15. The average Bonchev–Trinajstić information content (AvgIpc) is 2.29. The van der Waals surface area contributed by atoms with Gasteiger partial charge >= 0.3 is 0 Å². The molecule has 0 atom stereocenters. The number of rotatable bonds is 3. The SMILES string of the molecule is CCCC(=O)Nc1ccc2cccnc2c1. The zero-order chi connectivity index (χ0) is 11.4. The highest BCUT2D eigenvalue weighted by Crippen LogP contribution is 2.16. The maximum Gasteiger partial charge on any atom is 0.224 e. The van der Waals surface area contributed by atoms with Crippen molar-refractivity contribution in [1.82, 2.24) is 4.98 Å². The number of carbonyl (C=O) groups is 1. The third-order valence-corrected chi connectivity index (χ3v) is 2.37. The molecule has 1 amide bonds. The van der Waals surface area contributed by atoms with Gasteiger partial charge in [-0.05, 0) is 24.6 Å². The van der Waals surface area contributed by atoms with Gasteiger partial charge in [0.1, 0.15) is 0 Å².